The SMILES string of the molecule is Cc1cn(-c2c(Cl)cc(Br)cc2-n2nncc2-c2ccc(Cl)cc2)cn1. The lowest BCUT2D eigenvalue weighted by atomic mass is 10.1. The minimum absolute atomic E-state index is 0.573. The second kappa shape index (κ2) is 6.87. The Morgan fingerprint density at radius 1 is 1.08 bits per heavy atom. The van der Waals surface area contributed by atoms with E-state index in [1.54, 1.807) is 17.2 Å². The summed E-state index contributed by atoms with van der Waals surface area (Å²) < 4.78 is 4.48. The zero-order chi connectivity index (χ0) is 18.3. The molecule has 0 atom stereocenters. The van der Waals surface area contributed by atoms with Crippen LogP contribution in [0, 0.1) is 6.92 Å². The Balaban J connectivity index is 1.95. The van der Waals surface area contributed by atoms with Gasteiger partial charge in [-0.3, -0.25) is 0 Å². The lowest BCUT2D eigenvalue weighted by Gasteiger charge is -2.15. The molecule has 0 aliphatic heterocycles. The highest BCUT2D eigenvalue weighted by molar-refractivity contribution is 9.10. The lowest BCUT2D eigenvalue weighted by molar-refractivity contribution is 0.799. The molecule has 4 aromatic rings. The smallest absolute Gasteiger partial charge is 0.0996 e. The number of hydrogen-bond acceptors (Lipinski definition) is 3. The standard InChI is InChI=1S/C18H12BrCl2N5/c1-11-9-25(10-22-11)18-15(21)6-13(19)7-16(18)26-17(8-23-24-26)12-2-4-14(20)5-3-12/h2-10H,1H3. The van der Waals surface area contributed by atoms with E-state index in [2.05, 4.69) is 31.2 Å². The summed E-state index contributed by atoms with van der Waals surface area (Å²) in [6, 6.07) is 11.3. The monoisotopic (exact) mass is 447 g/mol. The summed E-state index contributed by atoms with van der Waals surface area (Å²) in [4.78, 5) is 4.30. The molecular formula is C18H12BrCl2N5. The van der Waals surface area contributed by atoms with Gasteiger partial charge in [-0.1, -0.05) is 56.5 Å². The van der Waals surface area contributed by atoms with Gasteiger partial charge in [0.2, 0.25) is 0 Å². The van der Waals surface area contributed by atoms with Crippen molar-refractivity contribution in [2.75, 3.05) is 0 Å². The van der Waals surface area contributed by atoms with Gasteiger partial charge in [-0.05, 0) is 31.2 Å². The Morgan fingerprint density at radius 2 is 1.85 bits per heavy atom. The molecule has 4 rings (SSSR count). The van der Waals surface area contributed by atoms with Crippen molar-refractivity contribution in [1.29, 1.82) is 0 Å². The summed E-state index contributed by atoms with van der Waals surface area (Å²) in [6.45, 7) is 1.93. The van der Waals surface area contributed by atoms with Gasteiger partial charge in [0.15, 0.2) is 0 Å². The van der Waals surface area contributed by atoms with Crippen molar-refractivity contribution in [3.05, 3.63) is 75.3 Å². The number of benzene rings is 2. The fraction of sp³-hybridized carbons (Fsp3) is 0.0556. The van der Waals surface area contributed by atoms with Crippen LogP contribution in [0.4, 0.5) is 0 Å². The van der Waals surface area contributed by atoms with Crippen molar-refractivity contribution in [2.45, 2.75) is 6.92 Å². The molecule has 0 fully saturated rings. The van der Waals surface area contributed by atoms with Crippen molar-refractivity contribution < 1.29 is 0 Å². The maximum atomic E-state index is 6.56. The zero-order valence-electron chi connectivity index (χ0n) is 13.6. The van der Waals surface area contributed by atoms with Crippen LogP contribution in [0.15, 0.2) is 59.6 Å². The zero-order valence-corrected chi connectivity index (χ0v) is 16.7. The molecule has 0 N–H and O–H groups in total. The predicted octanol–water partition coefficient (Wildman–Crippen LogP) is 5.50. The number of imidazole rings is 1. The Labute approximate surface area is 168 Å². The molecule has 2 aromatic carbocycles. The molecule has 8 heteroatoms. The predicted molar refractivity (Wildman–Crippen MR) is 106 cm³/mol. The van der Waals surface area contributed by atoms with Crippen LogP contribution >= 0.6 is 39.1 Å². The number of halogens is 3. The summed E-state index contributed by atoms with van der Waals surface area (Å²) in [6.07, 6.45) is 5.35. The molecule has 0 bridgehead atoms. The van der Waals surface area contributed by atoms with Gasteiger partial charge in [-0.25, -0.2) is 9.67 Å². The first kappa shape index (κ1) is 17.3. The normalized spacial score (nSPS) is 11.1. The maximum Gasteiger partial charge on any atom is 0.0996 e. The number of nitrogens with zero attached hydrogens (tertiary/aromatic N) is 5. The molecule has 26 heavy (non-hydrogen) atoms. The van der Waals surface area contributed by atoms with Gasteiger partial charge in [0.05, 0.1) is 40.3 Å². The first-order chi connectivity index (χ1) is 12.5. The van der Waals surface area contributed by atoms with Crippen LogP contribution in [-0.2, 0) is 0 Å². The third-order valence-corrected chi connectivity index (χ3v) is 4.89. The molecule has 0 aliphatic rings. The fourth-order valence-corrected chi connectivity index (χ4v) is 3.76. The third-order valence-electron chi connectivity index (χ3n) is 3.90. The second-order valence-electron chi connectivity index (χ2n) is 5.72. The first-order valence-electron chi connectivity index (χ1n) is 7.70. The van der Waals surface area contributed by atoms with Gasteiger partial charge < -0.3 is 4.57 Å². The molecule has 0 unspecified atom stereocenters. The van der Waals surface area contributed by atoms with E-state index in [9.17, 15) is 0 Å². The van der Waals surface area contributed by atoms with E-state index < -0.39 is 0 Å². The number of aromatic nitrogens is 5. The van der Waals surface area contributed by atoms with Crippen molar-refractivity contribution in [3.63, 3.8) is 0 Å². The minimum Gasteiger partial charge on any atom is -0.303 e. The van der Waals surface area contributed by atoms with Crippen molar-refractivity contribution in [2.24, 2.45) is 0 Å². The Morgan fingerprint density at radius 3 is 2.54 bits per heavy atom. The first-order valence-corrected chi connectivity index (χ1v) is 9.25. The van der Waals surface area contributed by atoms with Gasteiger partial charge >= 0.3 is 0 Å². The molecule has 130 valence electrons. The van der Waals surface area contributed by atoms with Crippen LogP contribution in [0.3, 0.4) is 0 Å². The van der Waals surface area contributed by atoms with Gasteiger partial charge in [0.1, 0.15) is 0 Å². The van der Waals surface area contributed by atoms with Crippen LogP contribution in [0.5, 0.6) is 0 Å². The van der Waals surface area contributed by atoms with Gasteiger partial charge in [-0.15, -0.1) is 5.10 Å². The molecule has 0 radical (unpaired) electrons. The highest BCUT2D eigenvalue weighted by Gasteiger charge is 2.17. The van der Waals surface area contributed by atoms with E-state index in [1.165, 1.54) is 0 Å². The number of rotatable bonds is 3. The Hall–Kier alpha value is -2.15. The van der Waals surface area contributed by atoms with Crippen LogP contribution in [0.25, 0.3) is 22.6 Å². The lowest BCUT2D eigenvalue weighted by Crippen LogP contribution is -2.06. The van der Waals surface area contributed by atoms with Crippen molar-refractivity contribution in [3.8, 4) is 22.6 Å². The Bertz CT molecular complexity index is 1090. The Kier molecular flexibility index (Phi) is 4.56. The molecule has 0 aliphatic carbocycles. The van der Waals surface area contributed by atoms with Crippen LogP contribution < -0.4 is 0 Å². The van der Waals surface area contributed by atoms with Gasteiger partial charge in [0.25, 0.3) is 0 Å². The molecule has 2 aromatic heterocycles. The molecule has 0 saturated carbocycles. The van der Waals surface area contributed by atoms with Crippen molar-refractivity contribution in [1.82, 2.24) is 24.5 Å². The maximum absolute atomic E-state index is 6.56. The van der Waals surface area contributed by atoms with E-state index in [1.807, 2.05) is 54.1 Å². The molecule has 2 heterocycles. The van der Waals surface area contributed by atoms with Crippen LogP contribution in [0.2, 0.25) is 10.0 Å². The van der Waals surface area contributed by atoms with Crippen LogP contribution in [-0.4, -0.2) is 24.5 Å². The van der Waals surface area contributed by atoms with Crippen LogP contribution in [0.1, 0.15) is 5.69 Å². The fourth-order valence-electron chi connectivity index (χ4n) is 2.74. The van der Waals surface area contributed by atoms with Gasteiger partial charge in [-0.2, -0.15) is 0 Å². The second-order valence-corrected chi connectivity index (χ2v) is 7.47. The van der Waals surface area contributed by atoms with Crippen molar-refractivity contribution >= 4 is 39.1 Å². The summed E-state index contributed by atoms with van der Waals surface area (Å²) >= 11 is 16.1. The molecule has 5 nitrogen and oxygen atoms in total. The van der Waals surface area contributed by atoms with Gasteiger partial charge in [0, 0.05) is 21.3 Å². The highest BCUT2D eigenvalue weighted by Crippen LogP contribution is 2.33. The summed E-state index contributed by atoms with van der Waals surface area (Å²) in [5.41, 5.74) is 4.23. The quantitative estimate of drug-likeness (QED) is 0.415. The summed E-state index contributed by atoms with van der Waals surface area (Å²) in [5, 5.41) is 9.62. The largest absolute Gasteiger partial charge is 0.303 e. The molecule has 0 amide bonds. The van der Waals surface area contributed by atoms with E-state index in [-0.39, 0.29) is 0 Å². The average molecular weight is 449 g/mol. The minimum atomic E-state index is 0.573. The summed E-state index contributed by atoms with van der Waals surface area (Å²) in [5.74, 6) is 0. The van der Waals surface area contributed by atoms with E-state index >= 15 is 0 Å². The average Bonchev–Trinajstić information content (AvgIpc) is 3.24. The molecular weight excluding hydrogens is 437 g/mol. The highest BCUT2D eigenvalue weighted by atomic mass is 79.9. The number of hydrogen-bond donors (Lipinski definition) is 0. The topological polar surface area (TPSA) is 48.5 Å². The molecule has 0 saturated heterocycles. The molecule has 0 spiro atoms. The number of aryl methyl sites for hydroxylation is 1. The summed E-state index contributed by atoms with van der Waals surface area (Å²) in [7, 11) is 0. The van der Waals surface area contributed by atoms with E-state index in [4.69, 9.17) is 23.2 Å². The van der Waals surface area contributed by atoms with E-state index in [0.717, 1.165) is 32.8 Å². The third kappa shape index (κ3) is 3.16. The van der Waals surface area contributed by atoms with E-state index in [0.29, 0.717) is 10.0 Å².